The van der Waals surface area contributed by atoms with Crippen LogP contribution < -0.4 is 10.2 Å². The lowest BCUT2D eigenvalue weighted by molar-refractivity contribution is -0.119. The van der Waals surface area contributed by atoms with Crippen molar-refractivity contribution in [2.45, 2.75) is 26.3 Å². The first-order valence-electron chi connectivity index (χ1n) is 7.79. The van der Waals surface area contributed by atoms with Crippen molar-refractivity contribution in [3.05, 3.63) is 59.1 Å². The third-order valence-electron chi connectivity index (χ3n) is 3.71. The van der Waals surface area contributed by atoms with Gasteiger partial charge in [-0.25, -0.2) is 0 Å². The molecule has 0 heterocycles. The summed E-state index contributed by atoms with van der Waals surface area (Å²) in [4.78, 5) is 14.5. The maximum absolute atomic E-state index is 12.8. The zero-order valence-electron chi connectivity index (χ0n) is 13.8. The van der Waals surface area contributed by atoms with Crippen LogP contribution in [-0.2, 0) is 4.79 Å². The van der Waals surface area contributed by atoms with Crippen LogP contribution >= 0.6 is 11.6 Å². The molecule has 0 radical (unpaired) electrons. The average molecular weight is 342 g/mol. The molecule has 2 aromatic rings. The number of nitrogens with one attached hydrogen (secondary N) is 1. The molecule has 0 fully saturated rings. The van der Waals surface area contributed by atoms with Crippen LogP contribution in [0.2, 0.25) is 5.02 Å². The number of carbonyl (C=O) groups is 1. The van der Waals surface area contributed by atoms with Gasteiger partial charge in [0.2, 0.25) is 5.91 Å². The molecule has 1 amide bonds. The van der Waals surface area contributed by atoms with Crippen LogP contribution in [0.15, 0.2) is 48.5 Å². The summed E-state index contributed by atoms with van der Waals surface area (Å²) < 4.78 is 0. The molecule has 1 N–H and O–H groups in total. The molecule has 4 nitrogen and oxygen atoms in total. The highest BCUT2D eigenvalue weighted by atomic mass is 35.5. The Bertz CT molecular complexity index is 740. The Hall–Kier alpha value is -2.51. The average Bonchev–Trinajstić information content (AvgIpc) is 2.59. The van der Waals surface area contributed by atoms with Gasteiger partial charge in [0.05, 0.1) is 12.5 Å². The van der Waals surface area contributed by atoms with Crippen LogP contribution in [0.4, 0.5) is 11.4 Å². The number of nitriles is 1. The smallest absolute Gasteiger partial charge is 0.249 e. The Balaban J connectivity index is 2.15. The summed E-state index contributed by atoms with van der Waals surface area (Å²) in [5, 5.41) is 12.7. The lowest BCUT2D eigenvalue weighted by Crippen LogP contribution is -2.42. The topological polar surface area (TPSA) is 56.1 Å². The zero-order chi connectivity index (χ0) is 17.5. The first-order valence-corrected chi connectivity index (χ1v) is 8.17. The van der Waals surface area contributed by atoms with Crippen molar-refractivity contribution >= 4 is 28.9 Å². The van der Waals surface area contributed by atoms with Gasteiger partial charge >= 0.3 is 0 Å². The fraction of sp³-hybridized carbons (Fsp3) is 0.263. The van der Waals surface area contributed by atoms with E-state index in [2.05, 4.69) is 11.4 Å². The first-order chi connectivity index (χ1) is 11.5. The van der Waals surface area contributed by atoms with Gasteiger partial charge in [-0.3, -0.25) is 4.79 Å². The highest BCUT2D eigenvalue weighted by molar-refractivity contribution is 6.31. The zero-order valence-corrected chi connectivity index (χ0v) is 14.5. The van der Waals surface area contributed by atoms with Crippen LogP contribution in [0.1, 0.15) is 18.9 Å². The van der Waals surface area contributed by atoms with E-state index in [0.717, 1.165) is 16.9 Å². The molecular weight excluding hydrogens is 322 g/mol. The number of aryl methyl sites for hydroxylation is 1. The monoisotopic (exact) mass is 341 g/mol. The van der Waals surface area contributed by atoms with E-state index < -0.39 is 6.04 Å². The summed E-state index contributed by atoms with van der Waals surface area (Å²) in [5.41, 5.74) is 2.56. The van der Waals surface area contributed by atoms with E-state index in [0.29, 0.717) is 11.6 Å². The lowest BCUT2D eigenvalue weighted by Gasteiger charge is -2.26. The molecule has 0 saturated carbocycles. The first kappa shape index (κ1) is 17.8. The molecule has 5 heteroatoms. The van der Waals surface area contributed by atoms with E-state index in [1.807, 2.05) is 55.5 Å². The van der Waals surface area contributed by atoms with Crippen molar-refractivity contribution in [1.29, 1.82) is 5.26 Å². The minimum atomic E-state index is -0.442. The van der Waals surface area contributed by atoms with Crippen molar-refractivity contribution in [2.75, 3.05) is 16.8 Å². The van der Waals surface area contributed by atoms with Gasteiger partial charge in [-0.15, -0.1) is 0 Å². The number of hydrogen-bond acceptors (Lipinski definition) is 3. The SMILES string of the molecule is Cc1ccc(NC(C)C(=O)N(CCC#N)c2ccccc2)cc1Cl. The number of hydrogen-bond donors (Lipinski definition) is 1. The second-order valence-electron chi connectivity index (χ2n) is 5.56. The lowest BCUT2D eigenvalue weighted by atomic mass is 10.2. The molecule has 0 bridgehead atoms. The van der Waals surface area contributed by atoms with Gasteiger partial charge in [0.1, 0.15) is 6.04 Å². The van der Waals surface area contributed by atoms with Crippen molar-refractivity contribution in [3.63, 3.8) is 0 Å². The Morgan fingerprint density at radius 1 is 1.29 bits per heavy atom. The summed E-state index contributed by atoms with van der Waals surface area (Å²) in [7, 11) is 0. The third-order valence-corrected chi connectivity index (χ3v) is 4.11. The molecule has 24 heavy (non-hydrogen) atoms. The van der Waals surface area contributed by atoms with Crippen LogP contribution in [0, 0.1) is 18.3 Å². The van der Waals surface area contributed by atoms with Gasteiger partial charge in [-0.1, -0.05) is 35.9 Å². The summed E-state index contributed by atoms with van der Waals surface area (Å²) in [5.74, 6) is -0.0897. The van der Waals surface area contributed by atoms with E-state index >= 15 is 0 Å². The largest absolute Gasteiger partial charge is 0.374 e. The van der Waals surface area contributed by atoms with Crippen molar-refractivity contribution in [1.82, 2.24) is 0 Å². The quantitative estimate of drug-likeness (QED) is 0.847. The predicted molar refractivity (Wildman–Crippen MR) is 98.3 cm³/mol. The Morgan fingerprint density at radius 3 is 2.62 bits per heavy atom. The third kappa shape index (κ3) is 4.50. The molecule has 124 valence electrons. The van der Waals surface area contributed by atoms with Gasteiger partial charge in [0, 0.05) is 22.9 Å². The van der Waals surface area contributed by atoms with Gasteiger partial charge in [-0.05, 0) is 43.7 Å². The van der Waals surface area contributed by atoms with E-state index in [-0.39, 0.29) is 12.3 Å². The second kappa shape index (κ2) is 8.37. The van der Waals surface area contributed by atoms with Crippen molar-refractivity contribution in [2.24, 2.45) is 0 Å². The predicted octanol–water partition coefficient (Wildman–Crippen LogP) is 4.40. The minimum Gasteiger partial charge on any atom is -0.374 e. The summed E-state index contributed by atoms with van der Waals surface area (Å²) in [6, 6.07) is 16.6. The summed E-state index contributed by atoms with van der Waals surface area (Å²) in [6.45, 7) is 4.10. The van der Waals surface area contributed by atoms with E-state index in [9.17, 15) is 4.79 Å². The van der Waals surface area contributed by atoms with Gasteiger partial charge in [0.25, 0.3) is 0 Å². The molecule has 0 saturated heterocycles. The van der Waals surface area contributed by atoms with Gasteiger partial charge in [0.15, 0.2) is 0 Å². The molecule has 0 aliphatic rings. The van der Waals surface area contributed by atoms with Crippen molar-refractivity contribution < 1.29 is 4.79 Å². The van der Waals surface area contributed by atoms with E-state index in [1.54, 1.807) is 11.8 Å². The van der Waals surface area contributed by atoms with Crippen LogP contribution in [-0.4, -0.2) is 18.5 Å². The molecular formula is C19H20ClN3O. The molecule has 1 atom stereocenters. The number of nitrogens with zero attached hydrogens (tertiary/aromatic N) is 2. The van der Waals surface area contributed by atoms with Crippen molar-refractivity contribution in [3.8, 4) is 6.07 Å². The van der Waals surface area contributed by atoms with Crippen LogP contribution in [0.25, 0.3) is 0 Å². The minimum absolute atomic E-state index is 0.0897. The Kier molecular flexibility index (Phi) is 6.22. The maximum Gasteiger partial charge on any atom is 0.249 e. The molecule has 2 rings (SSSR count). The highest BCUT2D eigenvalue weighted by Gasteiger charge is 2.21. The molecule has 0 spiro atoms. The molecule has 0 aromatic heterocycles. The van der Waals surface area contributed by atoms with Crippen LogP contribution in [0.5, 0.6) is 0 Å². The number of para-hydroxylation sites is 1. The Labute approximate surface area is 147 Å². The maximum atomic E-state index is 12.8. The molecule has 1 unspecified atom stereocenters. The number of halogens is 1. The van der Waals surface area contributed by atoms with E-state index in [4.69, 9.17) is 16.9 Å². The number of carbonyl (C=O) groups excluding carboxylic acids is 1. The number of benzene rings is 2. The summed E-state index contributed by atoms with van der Waals surface area (Å²) in [6.07, 6.45) is 0.281. The normalized spacial score (nSPS) is 11.4. The Morgan fingerprint density at radius 2 is 2.00 bits per heavy atom. The van der Waals surface area contributed by atoms with E-state index in [1.165, 1.54) is 0 Å². The van der Waals surface area contributed by atoms with Gasteiger partial charge < -0.3 is 10.2 Å². The van der Waals surface area contributed by atoms with Gasteiger partial charge in [-0.2, -0.15) is 5.26 Å². The molecule has 2 aromatic carbocycles. The van der Waals surface area contributed by atoms with Crippen LogP contribution in [0.3, 0.4) is 0 Å². The summed E-state index contributed by atoms with van der Waals surface area (Å²) >= 11 is 6.13. The standard InChI is InChI=1S/C19H20ClN3O/c1-14-9-10-16(13-18(14)20)22-15(2)19(24)23(12-6-11-21)17-7-4-3-5-8-17/h3-5,7-10,13,15,22H,6,12H2,1-2H3. The molecule has 0 aliphatic heterocycles. The number of rotatable bonds is 6. The highest BCUT2D eigenvalue weighted by Crippen LogP contribution is 2.21. The molecule has 0 aliphatic carbocycles. The fourth-order valence-electron chi connectivity index (χ4n) is 2.36. The number of anilines is 2. The second-order valence-corrected chi connectivity index (χ2v) is 5.97. The number of amides is 1. The fourth-order valence-corrected chi connectivity index (χ4v) is 2.54.